The van der Waals surface area contributed by atoms with Gasteiger partial charge in [0.2, 0.25) is 5.82 Å². The van der Waals surface area contributed by atoms with E-state index in [-0.39, 0.29) is 23.8 Å². The van der Waals surface area contributed by atoms with E-state index in [0.29, 0.717) is 40.1 Å². The van der Waals surface area contributed by atoms with Crippen LogP contribution in [0.25, 0.3) is 11.4 Å². The Morgan fingerprint density at radius 1 is 1.12 bits per heavy atom. The van der Waals surface area contributed by atoms with Gasteiger partial charge in [0.05, 0.1) is 22.7 Å². The number of rotatable bonds is 3. The minimum absolute atomic E-state index is 0.00673. The van der Waals surface area contributed by atoms with Gasteiger partial charge in [0.1, 0.15) is 5.82 Å². The number of aromatic nitrogens is 3. The van der Waals surface area contributed by atoms with E-state index in [9.17, 15) is 18.0 Å². The van der Waals surface area contributed by atoms with Crippen LogP contribution in [0.2, 0.25) is 10.0 Å². The first-order valence-corrected chi connectivity index (χ1v) is 10.4. The standard InChI is InChI=1S/C20H14Cl2F3N5O2/c21-11-2-3-14(15(22)5-11)18(31)30-9-12-6-13(30)8-29(12)16-4-1-10(7-26-16)17-27-19(32-28-17)20(23,24)25/h1-5,7,12-13H,6,8-9H2. The summed E-state index contributed by atoms with van der Waals surface area (Å²) in [7, 11) is 0. The number of anilines is 1. The van der Waals surface area contributed by atoms with Gasteiger partial charge in [-0.15, -0.1) is 0 Å². The fourth-order valence-corrected chi connectivity index (χ4v) is 4.65. The lowest BCUT2D eigenvalue weighted by Gasteiger charge is -2.35. The molecule has 0 spiro atoms. The summed E-state index contributed by atoms with van der Waals surface area (Å²) in [4.78, 5) is 24.6. The number of amides is 1. The van der Waals surface area contributed by atoms with E-state index in [1.807, 2.05) is 4.90 Å². The number of benzene rings is 1. The summed E-state index contributed by atoms with van der Waals surface area (Å²) in [5.41, 5.74) is 0.725. The molecule has 32 heavy (non-hydrogen) atoms. The molecule has 0 radical (unpaired) electrons. The van der Waals surface area contributed by atoms with Gasteiger partial charge in [-0.05, 0) is 36.8 Å². The monoisotopic (exact) mass is 483 g/mol. The van der Waals surface area contributed by atoms with Crippen LogP contribution < -0.4 is 4.90 Å². The lowest BCUT2D eigenvalue weighted by molar-refractivity contribution is -0.159. The first kappa shape index (κ1) is 21.0. The Labute approximate surface area is 189 Å². The SMILES string of the molecule is O=C(c1ccc(Cl)cc1Cl)N1CC2CC1CN2c1ccc(-c2noc(C(F)(F)F)n2)cn1. The minimum atomic E-state index is -4.70. The highest BCUT2D eigenvalue weighted by molar-refractivity contribution is 6.36. The Bertz CT molecular complexity index is 1180. The van der Waals surface area contributed by atoms with Gasteiger partial charge in [-0.25, -0.2) is 4.98 Å². The molecule has 2 saturated heterocycles. The van der Waals surface area contributed by atoms with Crippen molar-refractivity contribution < 1.29 is 22.5 Å². The number of fused-ring (bicyclic) bond motifs is 2. The van der Waals surface area contributed by atoms with Crippen LogP contribution in [0.3, 0.4) is 0 Å². The second-order valence-corrected chi connectivity index (χ2v) is 8.45. The largest absolute Gasteiger partial charge is 0.471 e. The van der Waals surface area contributed by atoms with Crippen LogP contribution in [-0.2, 0) is 6.18 Å². The molecule has 0 aliphatic carbocycles. The Hall–Kier alpha value is -2.85. The minimum Gasteiger partial charge on any atom is -0.350 e. The maximum atomic E-state index is 12.9. The van der Waals surface area contributed by atoms with Gasteiger partial charge >= 0.3 is 12.1 Å². The van der Waals surface area contributed by atoms with Gasteiger partial charge in [0, 0.05) is 29.9 Å². The van der Waals surface area contributed by atoms with Crippen LogP contribution in [0.1, 0.15) is 22.7 Å². The normalized spacial score (nSPS) is 20.3. The van der Waals surface area contributed by atoms with Crippen molar-refractivity contribution in [3.8, 4) is 11.4 Å². The Morgan fingerprint density at radius 2 is 1.94 bits per heavy atom. The van der Waals surface area contributed by atoms with E-state index in [4.69, 9.17) is 23.2 Å². The van der Waals surface area contributed by atoms with Crippen LogP contribution in [0.5, 0.6) is 0 Å². The summed E-state index contributed by atoms with van der Waals surface area (Å²) in [6.45, 7) is 1.11. The fraction of sp³-hybridized carbons (Fsp3) is 0.300. The van der Waals surface area contributed by atoms with E-state index in [1.165, 1.54) is 6.20 Å². The average molecular weight is 484 g/mol. The Morgan fingerprint density at radius 3 is 2.53 bits per heavy atom. The molecule has 0 saturated carbocycles. The fourth-order valence-electron chi connectivity index (χ4n) is 4.16. The first-order valence-electron chi connectivity index (χ1n) is 9.60. The number of hydrogen-bond donors (Lipinski definition) is 0. The van der Waals surface area contributed by atoms with Gasteiger partial charge in [-0.2, -0.15) is 18.2 Å². The van der Waals surface area contributed by atoms with E-state index in [0.717, 1.165) is 6.42 Å². The predicted molar refractivity (Wildman–Crippen MR) is 110 cm³/mol. The van der Waals surface area contributed by atoms with E-state index in [1.54, 1.807) is 30.3 Å². The van der Waals surface area contributed by atoms with Gasteiger partial charge in [-0.3, -0.25) is 4.79 Å². The highest BCUT2D eigenvalue weighted by Gasteiger charge is 2.46. The van der Waals surface area contributed by atoms with Crippen molar-refractivity contribution in [2.75, 3.05) is 18.0 Å². The molecule has 2 atom stereocenters. The molecule has 0 N–H and O–H groups in total. The van der Waals surface area contributed by atoms with Gasteiger partial charge in [0.15, 0.2) is 0 Å². The summed E-state index contributed by atoms with van der Waals surface area (Å²) in [6, 6.07) is 8.18. The molecule has 7 nitrogen and oxygen atoms in total. The summed E-state index contributed by atoms with van der Waals surface area (Å²) < 4.78 is 42.2. The molecule has 2 aliphatic rings. The maximum Gasteiger partial charge on any atom is 0.471 e. The van der Waals surface area contributed by atoms with Gasteiger partial charge in [0.25, 0.3) is 5.91 Å². The number of likely N-dealkylation sites (tertiary alicyclic amines) is 1. The zero-order chi connectivity index (χ0) is 22.6. The molecule has 2 aromatic heterocycles. The second kappa shape index (κ2) is 7.63. The smallest absolute Gasteiger partial charge is 0.350 e. The molecule has 4 heterocycles. The number of alkyl halides is 3. The molecule has 2 aliphatic heterocycles. The number of nitrogens with zero attached hydrogens (tertiary/aromatic N) is 5. The third-order valence-corrected chi connectivity index (χ3v) is 6.18. The van der Waals surface area contributed by atoms with Crippen molar-refractivity contribution in [1.82, 2.24) is 20.0 Å². The molecule has 2 fully saturated rings. The van der Waals surface area contributed by atoms with Crippen LogP contribution in [0.4, 0.5) is 19.0 Å². The Kier molecular flexibility index (Phi) is 5.01. The first-order chi connectivity index (χ1) is 15.2. The number of pyridine rings is 1. The molecule has 5 rings (SSSR count). The third-order valence-electron chi connectivity index (χ3n) is 5.63. The van der Waals surface area contributed by atoms with Crippen molar-refractivity contribution in [2.45, 2.75) is 24.7 Å². The maximum absolute atomic E-state index is 12.9. The molecule has 166 valence electrons. The topological polar surface area (TPSA) is 75.4 Å². The average Bonchev–Trinajstić information content (AvgIpc) is 3.48. The molecular weight excluding hydrogens is 470 g/mol. The number of carbonyl (C=O) groups excluding carboxylic acids is 1. The van der Waals surface area contributed by atoms with Gasteiger partial charge < -0.3 is 14.3 Å². The molecule has 2 unspecified atom stereocenters. The number of piperazine rings is 1. The highest BCUT2D eigenvalue weighted by Crippen LogP contribution is 2.36. The summed E-state index contributed by atoms with van der Waals surface area (Å²) in [5.74, 6) is -1.06. The number of hydrogen-bond acceptors (Lipinski definition) is 6. The molecule has 12 heteroatoms. The number of halogens is 5. The van der Waals surface area contributed by atoms with Crippen LogP contribution in [-0.4, -0.2) is 51.1 Å². The lowest BCUT2D eigenvalue weighted by atomic mass is 10.1. The van der Waals surface area contributed by atoms with E-state index < -0.39 is 12.1 Å². The van der Waals surface area contributed by atoms with E-state index >= 15 is 0 Å². The lowest BCUT2D eigenvalue weighted by Crippen LogP contribution is -2.49. The summed E-state index contributed by atoms with van der Waals surface area (Å²) in [5, 5.41) is 4.14. The third kappa shape index (κ3) is 3.67. The summed E-state index contributed by atoms with van der Waals surface area (Å²) in [6.07, 6.45) is -2.50. The highest BCUT2D eigenvalue weighted by atomic mass is 35.5. The summed E-state index contributed by atoms with van der Waals surface area (Å²) >= 11 is 12.1. The molecule has 3 aromatic rings. The van der Waals surface area contributed by atoms with Crippen molar-refractivity contribution in [3.63, 3.8) is 0 Å². The van der Waals surface area contributed by atoms with Crippen LogP contribution >= 0.6 is 23.2 Å². The molecule has 1 aromatic carbocycles. The zero-order valence-corrected chi connectivity index (χ0v) is 17.7. The molecule has 1 amide bonds. The van der Waals surface area contributed by atoms with Crippen molar-refractivity contribution in [2.24, 2.45) is 0 Å². The van der Waals surface area contributed by atoms with Crippen molar-refractivity contribution in [1.29, 1.82) is 0 Å². The van der Waals surface area contributed by atoms with Crippen LogP contribution in [0, 0.1) is 0 Å². The number of carbonyl (C=O) groups is 1. The quantitative estimate of drug-likeness (QED) is 0.543. The molecular formula is C20H14Cl2F3N5O2. The van der Waals surface area contributed by atoms with Crippen molar-refractivity contribution in [3.05, 3.63) is 58.0 Å². The van der Waals surface area contributed by atoms with Gasteiger partial charge in [-0.1, -0.05) is 28.4 Å². The van der Waals surface area contributed by atoms with Crippen LogP contribution in [0.15, 0.2) is 41.1 Å². The van der Waals surface area contributed by atoms with E-state index in [2.05, 4.69) is 24.5 Å². The van der Waals surface area contributed by atoms with Crippen molar-refractivity contribution >= 4 is 34.9 Å². The predicted octanol–water partition coefficient (Wildman–Crippen LogP) is 4.56. The zero-order valence-electron chi connectivity index (χ0n) is 16.2. The molecule has 2 bridgehead atoms. The Balaban J connectivity index is 1.28. The second-order valence-electron chi connectivity index (χ2n) is 7.60.